The molecule has 0 fully saturated rings. The van der Waals surface area contributed by atoms with Crippen molar-refractivity contribution in [2.24, 2.45) is 7.05 Å². The molecule has 0 radical (unpaired) electrons. The molecule has 0 amide bonds. The lowest BCUT2D eigenvalue weighted by atomic mass is 10.00. The van der Waals surface area contributed by atoms with E-state index in [2.05, 4.69) is 65.1 Å². The molecule has 0 aliphatic carbocycles. The van der Waals surface area contributed by atoms with Gasteiger partial charge in [-0.2, -0.15) is 5.10 Å². The molecule has 2 aromatic rings. The van der Waals surface area contributed by atoms with Gasteiger partial charge in [-0.05, 0) is 54.1 Å². The van der Waals surface area contributed by atoms with Gasteiger partial charge in [0.2, 0.25) is 0 Å². The molecule has 0 aliphatic rings. The van der Waals surface area contributed by atoms with Crippen molar-refractivity contribution >= 4 is 34.2 Å². The van der Waals surface area contributed by atoms with E-state index in [1.807, 2.05) is 18.7 Å². The third-order valence-electron chi connectivity index (χ3n) is 3.71. The molecular formula is C16H21ClIN3. The molecule has 1 unspecified atom stereocenters. The maximum Gasteiger partial charge on any atom is 0.0847 e. The summed E-state index contributed by atoms with van der Waals surface area (Å²) in [5, 5.41) is 8.77. The Morgan fingerprint density at radius 2 is 2.10 bits per heavy atom. The van der Waals surface area contributed by atoms with Crippen molar-refractivity contribution in [3.63, 3.8) is 0 Å². The largest absolute Gasteiger partial charge is 0.310 e. The Bertz CT molecular complexity index is 637. The fourth-order valence-electron chi connectivity index (χ4n) is 2.57. The zero-order valence-electron chi connectivity index (χ0n) is 12.9. The van der Waals surface area contributed by atoms with Crippen LogP contribution in [-0.2, 0) is 13.5 Å². The van der Waals surface area contributed by atoms with Crippen molar-refractivity contribution in [3.05, 3.63) is 49.3 Å². The van der Waals surface area contributed by atoms with Crippen LogP contribution in [0.2, 0.25) is 5.02 Å². The number of rotatable bonds is 5. The summed E-state index contributed by atoms with van der Waals surface area (Å²) in [5.41, 5.74) is 4.61. The normalized spacial score (nSPS) is 12.7. The van der Waals surface area contributed by atoms with Gasteiger partial charge in [0.1, 0.15) is 0 Å². The molecule has 114 valence electrons. The number of nitrogens with one attached hydrogen (secondary N) is 1. The van der Waals surface area contributed by atoms with Crippen molar-refractivity contribution in [2.45, 2.75) is 33.2 Å². The third kappa shape index (κ3) is 3.60. The summed E-state index contributed by atoms with van der Waals surface area (Å²) in [4.78, 5) is 0. The highest BCUT2D eigenvalue weighted by molar-refractivity contribution is 14.1. The Labute approximate surface area is 145 Å². The zero-order chi connectivity index (χ0) is 15.6. The average molecular weight is 418 g/mol. The van der Waals surface area contributed by atoms with Crippen LogP contribution in [0, 0.1) is 17.4 Å². The number of hydrogen-bond donors (Lipinski definition) is 1. The van der Waals surface area contributed by atoms with Crippen LogP contribution in [0.5, 0.6) is 0 Å². The molecule has 0 bridgehead atoms. The van der Waals surface area contributed by atoms with Gasteiger partial charge in [0.05, 0.1) is 16.4 Å². The second-order valence-corrected chi connectivity index (χ2v) is 6.72. The molecule has 0 aliphatic heterocycles. The third-order valence-corrected chi connectivity index (χ3v) is 5.67. The zero-order valence-corrected chi connectivity index (χ0v) is 15.8. The molecule has 0 spiro atoms. The standard InChI is InChI=1S/C16H21ClIN3/c1-5-19-13(12-8-6-7-10(2)16(12)18)9-14-15(17)11(3)20-21(14)4/h6-8,13,19H,5,9H2,1-4H3. The summed E-state index contributed by atoms with van der Waals surface area (Å²) in [7, 11) is 1.96. The van der Waals surface area contributed by atoms with Gasteiger partial charge in [-0.25, -0.2) is 0 Å². The molecule has 1 aromatic heterocycles. The van der Waals surface area contributed by atoms with Gasteiger partial charge in [-0.1, -0.05) is 36.7 Å². The van der Waals surface area contributed by atoms with Crippen molar-refractivity contribution in [3.8, 4) is 0 Å². The minimum Gasteiger partial charge on any atom is -0.310 e. The Morgan fingerprint density at radius 3 is 2.67 bits per heavy atom. The molecule has 0 saturated heterocycles. The van der Waals surface area contributed by atoms with E-state index in [0.717, 1.165) is 29.4 Å². The second-order valence-electron chi connectivity index (χ2n) is 5.26. The van der Waals surface area contributed by atoms with E-state index in [1.54, 1.807) is 0 Å². The monoisotopic (exact) mass is 417 g/mol. The van der Waals surface area contributed by atoms with Crippen LogP contribution in [-0.4, -0.2) is 16.3 Å². The molecule has 3 nitrogen and oxygen atoms in total. The molecule has 1 aromatic carbocycles. The maximum absolute atomic E-state index is 6.40. The fourth-order valence-corrected chi connectivity index (χ4v) is 3.55. The SMILES string of the molecule is CCNC(Cc1c(Cl)c(C)nn1C)c1cccc(C)c1I. The minimum absolute atomic E-state index is 0.245. The van der Waals surface area contributed by atoms with E-state index in [-0.39, 0.29) is 6.04 Å². The maximum atomic E-state index is 6.40. The Kier molecular flexibility index (Phi) is 5.68. The number of aryl methyl sites for hydroxylation is 3. The first kappa shape index (κ1) is 16.8. The number of hydrogen-bond acceptors (Lipinski definition) is 2. The van der Waals surface area contributed by atoms with Crippen LogP contribution in [0.3, 0.4) is 0 Å². The van der Waals surface area contributed by atoms with Crippen molar-refractivity contribution in [1.82, 2.24) is 15.1 Å². The van der Waals surface area contributed by atoms with Crippen molar-refractivity contribution < 1.29 is 0 Å². The van der Waals surface area contributed by atoms with Crippen LogP contribution in [0.25, 0.3) is 0 Å². The lowest BCUT2D eigenvalue weighted by Gasteiger charge is -2.21. The van der Waals surface area contributed by atoms with E-state index in [4.69, 9.17) is 11.6 Å². The minimum atomic E-state index is 0.245. The van der Waals surface area contributed by atoms with E-state index in [9.17, 15) is 0 Å². The lowest BCUT2D eigenvalue weighted by Crippen LogP contribution is -2.25. The highest BCUT2D eigenvalue weighted by Crippen LogP contribution is 2.29. The summed E-state index contributed by atoms with van der Waals surface area (Å²) < 4.78 is 3.21. The topological polar surface area (TPSA) is 29.9 Å². The summed E-state index contributed by atoms with van der Waals surface area (Å²) in [5.74, 6) is 0. The number of halogens is 2. The number of nitrogens with zero attached hydrogens (tertiary/aromatic N) is 2. The lowest BCUT2D eigenvalue weighted by molar-refractivity contribution is 0.526. The number of likely N-dealkylation sites (N-methyl/N-ethyl adjacent to an activating group) is 1. The van der Waals surface area contributed by atoms with Gasteiger partial charge in [0.25, 0.3) is 0 Å². The Morgan fingerprint density at radius 1 is 1.38 bits per heavy atom. The van der Waals surface area contributed by atoms with Crippen molar-refractivity contribution in [1.29, 1.82) is 0 Å². The molecular weight excluding hydrogens is 397 g/mol. The van der Waals surface area contributed by atoms with Gasteiger partial charge in [0.15, 0.2) is 0 Å². The molecule has 1 N–H and O–H groups in total. The van der Waals surface area contributed by atoms with Crippen LogP contribution in [0.4, 0.5) is 0 Å². The first-order chi connectivity index (χ1) is 9.95. The van der Waals surface area contributed by atoms with Gasteiger partial charge in [0, 0.05) is 23.1 Å². The molecule has 5 heteroatoms. The molecule has 1 atom stereocenters. The van der Waals surface area contributed by atoms with Gasteiger partial charge >= 0.3 is 0 Å². The molecule has 21 heavy (non-hydrogen) atoms. The Balaban J connectivity index is 2.38. The quantitative estimate of drug-likeness (QED) is 0.739. The summed E-state index contributed by atoms with van der Waals surface area (Å²) >= 11 is 8.83. The van der Waals surface area contributed by atoms with E-state index < -0.39 is 0 Å². The molecule has 2 rings (SSSR count). The predicted octanol–water partition coefficient (Wildman–Crippen LogP) is 4.19. The first-order valence-electron chi connectivity index (χ1n) is 7.12. The summed E-state index contributed by atoms with van der Waals surface area (Å²) in [6.45, 7) is 7.15. The van der Waals surface area contributed by atoms with Gasteiger partial charge < -0.3 is 5.32 Å². The smallest absolute Gasteiger partial charge is 0.0847 e. The molecule has 0 saturated carbocycles. The predicted molar refractivity (Wildman–Crippen MR) is 97.0 cm³/mol. The van der Waals surface area contributed by atoms with E-state index >= 15 is 0 Å². The highest BCUT2D eigenvalue weighted by Gasteiger charge is 2.20. The van der Waals surface area contributed by atoms with Crippen LogP contribution in [0.1, 0.15) is 35.5 Å². The Hall–Kier alpha value is -0.590. The van der Waals surface area contributed by atoms with Crippen molar-refractivity contribution in [2.75, 3.05) is 6.54 Å². The van der Waals surface area contributed by atoms with Gasteiger partial charge in [-0.15, -0.1) is 0 Å². The average Bonchev–Trinajstić information content (AvgIpc) is 2.68. The summed E-state index contributed by atoms with van der Waals surface area (Å²) in [6, 6.07) is 6.70. The summed E-state index contributed by atoms with van der Waals surface area (Å²) in [6.07, 6.45) is 0.837. The number of aromatic nitrogens is 2. The van der Waals surface area contributed by atoms with Crippen LogP contribution < -0.4 is 5.32 Å². The van der Waals surface area contributed by atoms with Crippen LogP contribution in [0.15, 0.2) is 18.2 Å². The van der Waals surface area contributed by atoms with E-state index in [1.165, 1.54) is 14.7 Å². The van der Waals surface area contributed by atoms with E-state index in [0.29, 0.717) is 0 Å². The highest BCUT2D eigenvalue weighted by atomic mass is 127. The second kappa shape index (κ2) is 7.11. The van der Waals surface area contributed by atoms with Crippen LogP contribution >= 0.6 is 34.2 Å². The first-order valence-corrected chi connectivity index (χ1v) is 8.57. The van der Waals surface area contributed by atoms with Gasteiger partial charge in [-0.3, -0.25) is 4.68 Å². The number of benzene rings is 1. The fraction of sp³-hybridized carbons (Fsp3) is 0.438. The molecule has 1 heterocycles.